The zero-order chi connectivity index (χ0) is 15.5. The molecule has 0 N–H and O–H groups in total. The van der Waals surface area contributed by atoms with Crippen LogP contribution in [0, 0.1) is 6.92 Å². The highest BCUT2D eigenvalue weighted by Crippen LogP contribution is 2.18. The van der Waals surface area contributed by atoms with Crippen molar-refractivity contribution in [1.29, 1.82) is 0 Å². The van der Waals surface area contributed by atoms with Crippen molar-refractivity contribution < 1.29 is 9.32 Å². The first kappa shape index (κ1) is 13.9. The average molecular weight is 294 g/mol. The maximum Gasteiger partial charge on any atom is 0.316 e. The summed E-state index contributed by atoms with van der Waals surface area (Å²) in [7, 11) is 1.67. The van der Waals surface area contributed by atoms with Gasteiger partial charge in [-0.1, -0.05) is 17.3 Å². The lowest BCUT2D eigenvalue weighted by Crippen LogP contribution is -2.26. The van der Waals surface area contributed by atoms with Crippen molar-refractivity contribution in [3.05, 3.63) is 60.2 Å². The summed E-state index contributed by atoms with van der Waals surface area (Å²) in [6.07, 6.45) is 3.26. The van der Waals surface area contributed by atoms with Gasteiger partial charge in [-0.3, -0.25) is 9.78 Å². The van der Waals surface area contributed by atoms with Crippen LogP contribution in [-0.4, -0.2) is 28.1 Å². The quantitative estimate of drug-likeness (QED) is 0.742. The molecule has 1 aromatic carbocycles. The Morgan fingerprint density at radius 3 is 2.68 bits per heavy atom. The fourth-order valence-electron chi connectivity index (χ4n) is 2.03. The van der Waals surface area contributed by atoms with Crippen molar-refractivity contribution >= 4 is 11.6 Å². The maximum absolute atomic E-state index is 12.4. The van der Waals surface area contributed by atoms with E-state index in [4.69, 9.17) is 4.52 Å². The van der Waals surface area contributed by atoms with Crippen LogP contribution < -0.4 is 4.90 Å². The summed E-state index contributed by atoms with van der Waals surface area (Å²) in [5, 5.41) is 3.84. The third-order valence-electron chi connectivity index (χ3n) is 3.24. The highest BCUT2D eigenvalue weighted by Gasteiger charge is 2.21. The minimum absolute atomic E-state index is 0.0455. The molecule has 2 aromatic heterocycles. The molecule has 0 saturated carbocycles. The lowest BCUT2D eigenvalue weighted by Gasteiger charge is -2.15. The standard InChI is InChI=1S/C16H14N4O2/c1-11-4-3-5-13(10-11)20(2)16(21)15-18-14(19-22-15)12-6-8-17-9-7-12/h3-10H,1-2H3. The fraction of sp³-hybridized carbons (Fsp3) is 0.125. The van der Waals surface area contributed by atoms with Gasteiger partial charge in [0.15, 0.2) is 0 Å². The van der Waals surface area contributed by atoms with Gasteiger partial charge in [0.05, 0.1) is 0 Å². The summed E-state index contributed by atoms with van der Waals surface area (Å²) < 4.78 is 5.08. The normalized spacial score (nSPS) is 10.5. The van der Waals surface area contributed by atoms with Crippen LogP contribution in [0.5, 0.6) is 0 Å². The van der Waals surface area contributed by atoms with E-state index in [1.807, 2.05) is 31.2 Å². The SMILES string of the molecule is Cc1cccc(N(C)C(=O)c2nc(-c3ccncc3)no2)c1. The maximum atomic E-state index is 12.4. The zero-order valence-corrected chi connectivity index (χ0v) is 12.2. The van der Waals surface area contributed by atoms with Gasteiger partial charge in [0.2, 0.25) is 5.82 Å². The van der Waals surface area contributed by atoms with Crippen LogP contribution in [0.1, 0.15) is 16.2 Å². The van der Waals surface area contributed by atoms with Crippen molar-refractivity contribution in [2.45, 2.75) is 6.92 Å². The van der Waals surface area contributed by atoms with Crippen LogP contribution in [0.2, 0.25) is 0 Å². The van der Waals surface area contributed by atoms with E-state index in [0.717, 1.165) is 16.8 Å². The van der Waals surface area contributed by atoms with E-state index in [1.165, 1.54) is 4.90 Å². The van der Waals surface area contributed by atoms with Gasteiger partial charge in [-0.25, -0.2) is 0 Å². The lowest BCUT2D eigenvalue weighted by atomic mass is 10.2. The average Bonchev–Trinajstić information content (AvgIpc) is 3.04. The Morgan fingerprint density at radius 2 is 1.95 bits per heavy atom. The number of aromatic nitrogens is 3. The Bertz CT molecular complexity index is 799. The Kier molecular flexibility index (Phi) is 3.65. The molecule has 3 aromatic rings. The van der Waals surface area contributed by atoms with Crippen LogP contribution >= 0.6 is 0 Å². The first-order valence-electron chi connectivity index (χ1n) is 6.74. The van der Waals surface area contributed by atoms with E-state index in [-0.39, 0.29) is 11.8 Å². The number of hydrogen-bond donors (Lipinski definition) is 0. The number of pyridine rings is 1. The van der Waals surface area contributed by atoms with Gasteiger partial charge in [0, 0.05) is 30.7 Å². The summed E-state index contributed by atoms with van der Waals surface area (Å²) in [6, 6.07) is 11.1. The van der Waals surface area contributed by atoms with E-state index in [1.54, 1.807) is 31.6 Å². The van der Waals surface area contributed by atoms with Gasteiger partial charge in [0.1, 0.15) is 0 Å². The highest BCUT2D eigenvalue weighted by molar-refractivity contribution is 6.02. The smallest absolute Gasteiger partial charge is 0.316 e. The number of nitrogens with zero attached hydrogens (tertiary/aromatic N) is 4. The molecule has 0 unspecified atom stereocenters. The van der Waals surface area contributed by atoms with Gasteiger partial charge < -0.3 is 9.42 Å². The van der Waals surface area contributed by atoms with Gasteiger partial charge in [-0.2, -0.15) is 4.98 Å². The second-order valence-corrected chi connectivity index (χ2v) is 4.86. The van der Waals surface area contributed by atoms with Crippen molar-refractivity contribution in [3.63, 3.8) is 0 Å². The van der Waals surface area contributed by atoms with Crippen LogP contribution in [-0.2, 0) is 0 Å². The minimum Gasteiger partial charge on any atom is -0.328 e. The molecule has 110 valence electrons. The lowest BCUT2D eigenvalue weighted by molar-refractivity contribution is 0.0951. The summed E-state index contributed by atoms with van der Waals surface area (Å²) in [5.74, 6) is -0.0300. The predicted octanol–water partition coefficient (Wildman–Crippen LogP) is 2.72. The Hall–Kier alpha value is -3.02. The largest absolute Gasteiger partial charge is 0.328 e. The number of amides is 1. The van der Waals surface area contributed by atoms with E-state index in [2.05, 4.69) is 15.1 Å². The van der Waals surface area contributed by atoms with Crippen LogP contribution in [0.3, 0.4) is 0 Å². The van der Waals surface area contributed by atoms with Gasteiger partial charge >= 0.3 is 11.8 Å². The molecule has 0 aliphatic rings. The fourth-order valence-corrected chi connectivity index (χ4v) is 2.03. The molecule has 0 aliphatic carbocycles. The van der Waals surface area contributed by atoms with Gasteiger partial charge in [-0.15, -0.1) is 0 Å². The molecule has 0 bridgehead atoms. The molecule has 0 saturated heterocycles. The van der Waals surface area contributed by atoms with E-state index >= 15 is 0 Å². The van der Waals surface area contributed by atoms with Crippen LogP contribution in [0.25, 0.3) is 11.4 Å². The van der Waals surface area contributed by atoms with Gasteiger partial charge in [0.25, 0.3) is 0 Å². The van der Waals surface area contributed by atoms with Crippen molar-refractivity contribution in [2.75, 3.05) is 11.9 Å². The Balaban J connectivity index is 1.85. The molecule has 22 heavy (non-hydrogen) atoms. The number of rotatable bonds is 3. The molecule has 0 fully saturated rings. The summed E-state index contributed by atoms with van der Waals surface area (Å²) in [6.45, 7) is 1.97. The molecular formula is C16H14N4O2. The third kappa shape index (κ3) is 2.71. The van der Waals surface area contributed by atoms with Crippen molar-refractivity contribution in [2.24, 2.45) is 0 Å². The molecule has 6 nitrogen and oxygen atoms in total. The summed E-state index contributed by atoms with van der Waals surface area (Å²) >= 11 is 0. The van der Waals surface area contributed by atoms with Crippen LogP contribution in [0.15, 0.2) is 53.3 Å². The monoisotopic (exact) mass is 294 g/mol. The van der Waals surface area contributed by atoms with Crippen molar-refractivity contribution in [3.8, 4) is 11.4 Å². The van der Waals surface area contributed by atoms with E-state index < -0.39 is 0 Å². The number of anilines is 1. The number of carbonyl (C=O) groups is 1. The highest BCUT2D eigenvalue weighted by atomic mass is 16.5. The second-order valence-electron chi connectivity index (χ2n) is 4.86. The first-order chi connectivity index (χ1) is 10.6. The zero-order valence-electron chi connectivity index (χ0n) is 12.2. The molecule has 0 atom stereocenters. The predicted molar refractivity (Wildman–Crippen MR) is 81.4 cm³/mol. The second kappa shape index (κ2) is 5.77. The topological polar surface area (TPSA) is 72.1 Å². The van der Waals surface area contributed by atoms with Gasteiger partial charge in [-0.05, 0) is 36.8 Å². The third-order valence-corrected chi connectivity index (χ3v) is 3.24. The molecule has 1 amide bonds. The minimum atomic E-state index is -0.349. The summed E-state index contributed by atoms with van der Waals surface area (Å²) in [4.78, 5) is 22.0. The molecule has 3 rings (SSSR count). The molecule has 0 radical (unpaired) electrons. The number of aryl methyl sites for hydroxylation is 1. The molecule has 6 heteroatoms. The molecule has 2 heterocycles. The molecule has 0 spiro atoms. The van der Waals surface area contributed by atoms with Crippen LogP contribution in [0.4, 0.5) is 5.69 Å². The molecular weight excluding hydrogens is 280 g/mol. The van der Waals surface area contributed by atoms with E-state index in [9.17, 15) is 4.79 Å². The van der Waals surface area contributed by atoms with Crippen molar-refractivity contribution in [1.82, 2.24) is 15.1 Å². The first-order valence-corrected chi connectivity index (χ1v) is 6.74. The van der Waals surface area contributed by atoms with E-state index in [0.29, 0.717) is 5.82 Å². The Labute approximate surface area is 127 Å². The summed E-state index contributed by atoms with van der Waals surface area (Å²) in [5.41, 5.74) is 2.59. The number of benzene rings is 1. The molecule has 0 aliphatic heterocycles. The number of hydrogen-bond acceptors (Lipinski definition) is 5. The number of carbonyl (C=O) groups excluding carboxylic acids is 1. The Morgan fingerprint density at radius 1 is 1.18 bits per heavy atom.